The van der Waals surface area contributed by atoms with Crippen molar-refractivity contribution < 1.29 is 4.39 Å². The molecule has 0 aliphatic carbocycles. The summed E-state index contributed by atoms with van der Waals surface area (Å²) in [5, 5.41) is 0.589. The topological polar surface area (TPSA) is 43.8 Å². The molecule has 102 valence electrons. The summed E-state index contributed by atoms with van der Waals surface area (Å²) in [5.74, 6) is -0.257. The fourth-order valence-corrected chi connectivity index (χ4v) is 2.49. The number of fused-ring (bicyclic) bond motifs is 1. The number of nitrogen functional groups attached to an aromatic ring is 1. The van der Waals surface area contributed by atoms with E-state index in [4.69, 9.17) is 28.9 Å². The summed E-state index contributed by atoms with van der Waals surface area (Å²) in [7, 11) is 0. The van der Waals surface area contributed by atoms with Crippen LogP contribution in [-0.2, 0) is 0 Å². The highest BCUT2D eigenvalue weighted by atomic mass is 35.5. The van der Waals surface area contributed by atoms with Crippen LogP contribution in [0.1, 0.15) is 5.56 Å². The van der Waals surface area contributed by atoms with E-state index >= 15 is 0 Å². The lowest BCUT2D eigenvalue weighted by Crippen LogP contribution is -2.02. The first-order valence-electron chi connectivity index (χ1n) is 5.87. The molecule has 0 saturated heterocycles. The number of aromatic nitrogens is 2. The van der Waals surface area contributed by atoms with Crippen molar-refractivity contribution in [1.82, 2.24) is 9.55 Å². The van der Waals surface area contributed by atoms with Crippen LogP contribution >= 0.6 is 23.2 Å². The number of aryl methyl sites for hydroxylation is 1. The molecule has 0 atom stereocenters. The lowest BCUT2D eigenvalue weighted by Gasteiger charge is -2.10. The number of rotatable bonds is 1. The summed E-state index contributed by atoms with van der Waals surface area (Å²) in [4.78, 5) is 4.21. The van der Waals surface area contributed by atoms with Gasteiger partial charge in [-0.15, -0.1) is 0 Å². The largest absolute Gasteiger partial charge is 0.369 e. The van der Waals surface area contributed by atoms with E-state index in [0.29, 0.717) is 16.1 Å². The van der Waals surface area contributed by atoms with Gasteiger partial charge in [0.05, 0.1) is 21.7 Å². The van der Waals surface area contributed by atoms with Crippen LogP contribution < -0.4 is 5.73 Å². The highest BCUT2D eigenvalue weighted by Gasteiger charge is 2.14. The highest BCUT2D eigenvalue weighted by Crippen LogP contribution is 2.30. The van der Waals surface area contributed by atoms with E-state index in [1.165, 1.54) is 12.1 Å². The monoisotopic (exact) mass is 309 g/mol. The fourth-order valence-electron chi connectivity index (χ4n) is 2.17. The third kappa shape index (κ3) is 2.01. The van der Waals surface area contributed by atoms with Gasteiger partial charge in [-0.05, 0) is 30.7 Å². The molecule has 2 aromatic carbocycles. The molecule has 0 aliphatic rings. The molecule has 0 aliphatic heterocycles. The molecule has 0 radical (unpaired) electrons. The molecular formula is C14H10Cl2FN3. The van der Waals surface area contributed by atoms with Crippen LogP contribution in [0, 0.1) is 12.7 Å². The molecule has 2 N–H and O–H groups in total. The smallest absolute Gasteiger partial charge is 0.205 e. The normalized spacial score (nSPS) is 11.2. The van der Waals surface area contributed by atoms with Crippen LogP contribution in [-0.4, -0.2) is 9.55 Å². The Balaban J connectivity index is 2.38. The average Bonchev–Trinajstić information content (AvgIpc) is 2.69. The van der Waals surface area contributed by atoms with E-state index in [9.17, 15) is 4.39 Å². The third-order valence-corrected chi connectivity index (χ3v) is 3.66. The SMILES string of the molecule is Cc1ccc(Cl)cc1-n1c(N)nc2cc(Cl)c(F)cc21. The Morgan fingerprint density at radius 1 is 1.20 bits per heavy atom. The molecule has 0 amide bonds. The number of nitrogens with two attached hydrogens (primary N) is 1. The van der Waals surface area contributed by atoms with Crippen molar-refractivity contribution in [1.29, 1.82) is 0 Å². The van der Waals surface area contributed by atoms with Gasteiger partial charge in [0, 0.05) is 11.1 Å². The summed E-state index contributed by atoms with van der Waals surface area (Å²) in [5.41, 5.74) is 8.75. The molecule has 0 saturated carbocycles. The molecule has 3 nitrogen and oxygen atoms in total. The number of benzene rings is 2. The van der Waals surface area contributed by atoms with Crippen molar-refractivity contribution in [2.45, 2.75) is 6.92 Å². The predicted octanol–water partition coefficient (Wildman–Crippen LogP) is 4.36. The van der Waals surface area contributed by atoms with Gasteiger partial charge in [-0.1, -0.05) is 29.3 Å². The Morgan fingerprint density at radius 3 is 2.70 bits per heavy atom. The second kappa shape index (κ2) is 4.65. The van der Waals surface area contributed by atoms with Gasteiger partial charge in [-0.3, -0.25) is 4.57 Å². The lowest BCUT2D eigenvalue weighted by atomic mass is 10.2. The van der Waals surface area contributed by atoms with E-state index in [-0.39, 0.29) is 11.0 Å². The van der Waals surface area contributed by atoms with Crippen LogP contribution in [0.3, 0.4) is 0 Å². The van der Waals surface area contributed by atoms with Crippen LogP contribution in [0.25, 0.3) is 16.7 Å². The Kier molecular flexibility index (Phi) is 3.07. The zero-order chi connectivity index (χ0) is 14.4. The van der Waals surface area contributed by atoms with Gasteiger partial charge >= 0.3 is 0 Å². The standard InChI is InChI=1S/C14H10Cl2FN3/c1-7-2-3-8(15)4-12(7)20-13-6-10(17)9(16)5-11(13)19-14(20)18/h2-6H,1H3,(H2,18,19). The first kappa shape index (κ1) is 13.2. The second-order valence-corrected chi connectivity index (χ2v) is 5.33. The molecular weight excluding hydrogens is 300 g/mol. The molecule has 1 aromatic heterocycles. The zero-order valence-corrected chi connectivity index (χ0v) is 12.0. The van der Waals surface area contributed by atoms with E-state index in [1.54, 1.807) is 16.7 Å². The van der Waals surface area contributed by atoms with Gasteiger partial charge in [0.25, 0.3) is 0 Å². The maximum atomic E-state index is 13.7. The number of halogens is 3. The molecule has 1 heterocycles. The van der Waals surface area contributed by atoms with Crippen molar-refractivity contribution >= 4 is 40.2 Å². The third-order valence-electron chi connectivity index (χ3n) is 3.13. The van der Waals surface area contributed by atoms with Gasteiger partial charge in [-0.2, -0.15) is 0 Å². The Hall–Kier alpha value is -1.78. The van der Waals surface area contributed by atoms with Crippen LogP contribution in [0.4, 0.5) is 10.3 Å². The highest BCUT2D eigenvalue weighted by molar-refractivity contribution is 6.31. The van der Waals surface area contributed by atoms with Gasteiger partial charge in [0.15, 0.2) is 0 Å². The molecule has 0 bridgehead atoms. The molecule has 0 unspecified atom stereocenters. The molecule has 6 heteroatoms. The Bertz CT molecular complexity index is 827. The molecule has 3 aromatic rings. The van der Waals surface area contributed by atoms with Crippen molar-refractivity contribution in [3.63, 3.8) is 0 Å². The van der Waals surface area contributed by atoms with Crippen molar-refractivity contribution in [2.75, 3.05) is 5.73 Å². The first-order valence-corrected chi connectivity index (χ1v) is 6.62. The number of hydrogen-bond donors (Lipinski definition) is 1. The van der Waals surface area contributed by atoms with Crippen molar-refractivity contribution in [3.05, 3.63) is 51.8 Å². The second-order valence-electron chi connectivity index (χ2n) is 4.49. The lowest BCUT2D eigenvalue weighted by molar-refractivity contribution is 0.629. The average molecular weight is 310 g/mol. The summed E-state index contributed by atoms with van der Waals surface area (Å²) in [6, 6.07) is 8.20. The predicted molar refractivity (Wildman–Crippen MR) is 80.2 cm³/mol. The van der Waals surface area contributed by atoms with Crippen LogP contribution in [0.15, 0.2) is 30.3 Å². The first-order chi connectivity index (χ1) is 9.47. The van der Waals surface area contributed by atoms with E-state index in [2.05, 4.69) is 4.98 Å². The number of hydrogen-bond acceptors (Lipinski definition) is 2. The van der Waals surface area contributed by atoms with E-state index < -0.39 is 5.82 Å². The quantitative estimate of drug-likeness (QED) is 0.725. The van der Waals surface area contributed by atoms with E-state index in [1.807, 2.05) is 13.0 Å². The van der Waals surface area contributed by atoms with Crippen LogP contribution in [0.5, 0.6) is 0 Å². The minimum atomic E-state index is -0.514. The van der Waals surface area contributed by atoms with Gasteiger partial charge in [0.1, 0.15) is 5.82 Å². The maximum absolute atomic E-state index is 13.7. The maximum Gasteiger partial charge on any atom is 0.205 e. The summed E-state index contributed by atoms with van der Waals surface area (Å²) >= 11 is 11.8. The van der Waals surface area contributed by atoms with Gasteiger partial charge in [-0.25, -0.2) is 9.37 Å². The summed E-state index contributed by atoms with van der Waals surface area (Å²) < 4.78 is 15.4. The summed E-state index contributed by atoms with van der Waals surface area (Å²) in [6.07, 6.45) is 0. The Morgan fingerprint density at radius 2 is 1.95 bits per heavy atom. The Labute approximate surface area is 124 Å². The zero-order valence-electron chi connectivity index (χ0n) is 10.5. The number of anilines is 1. The van der Waals surface area contributed by atoms with Gasteiger partial charge < -0.3 is 5.73 Å². The molecule has 3 rings (SSSR count). The van der Waals surface area contributed by atoms with E-state index in [0.717, 1.165) is 11.3 Å². The summed E-state index contributed by atoms with van der Waals surface area (Å²) in [6.45, 7) is 1.92. The minimum Gasteiger partial charge on any atom is -0.369 e. The fraction of sp³-hybridized carbons (Fsp3) is 0.0714. The molecule has 0 spiro atoms. The minimum absolute atomic E-state index is 0.0185. The van der Waals surface area contributed by atoms with Gasteiger partial charge in [0.2, 0.25) is 5.95 Å². The van der Waals surface area contributed by atoms with Crippen LogP contribution in [0.2, 0.25) is 10.0 Å². The van der Waals surface area contributed by atoms with Crippen molar-refractivity contribution in [3.8, 4) is 5.69 Å². The molecule has 0 fully saturated rings. The molecule has 20 heavy (non-hydrogen) atoms. The van der Waals surface area contributed by atoms with Crippen molar-refractivity contribution in [2.24, 2.45) is 0 Å². The number of nitrogens with zero attached hydrogens (tertiary/aromatic N) is 2. The number of imidazole rings is 1.